The molecule has 0 saturated heterocycles. The largest absolute Gasteiger partial charge is 0.492 e. The number of rotatable bonds is 8. The lowest BCUT2D eigenvalue weighted by Gasteiger charge is -2.13. The van der Waals surface area contributed by atoms with Crippen molar-refractivity contribution in [3.8, 4) is 22.9 Å². The molecule has 6 nitrogen and oxygen atoms in total. The first kappa shape index (κ1) is 20.3. The Morgan fingerprint density at radius 3 is 1.93 bits per heavy atom. The van der Waals surface area contributed by atoms with Gasteiger partial charge < -0.3 is 14.4 Å². The van der Waals surface area contributed by atoms with E-state index in [0.717, 1.165) is 42.3 Å². The summed E-state index contributed by atoms with van der Waals surface area (Å²) in [6.07, 6.45) is 8.65. The second-order valence-corrected chi connectivity index (χ2v) is 7.98. The molecule has 2 aromatic carbocycles. The smallest absolute Gasteiger partial charge is 0.337 e. The van der Waals surface area contributed by atoms with Crippen molar-refractivity contribution in [1.29, 1.82) is 0 Å². The average molecular weight is 408 g/mol. The van der Waals surface area contributed by atoms with E-state index in [2.05, 4.69) is 4.90 Å². The summed E-state index contributed by atoms with van der Waals surface area (Å²) in [5.74, 6) is 1.66. The number of ether oxygens (including phenoxy) is 2. The van der Waals surface area contributed by atoms with E-state index in [1.165, 1.54) is 12.8 Å². The molecule has 0 spiro atoms. The van der Waals surface area contributed by atoms with Crippen molar-refractivity contribution < 1.29 is 9.47 Å². The fourth-order valence-corrected chi connectivity index (χ4v) is 3.70. The van der Waals surface area contributed by atoms with Gasteiger partial charge in [0.1, 0.15) is 18.1 Å². The Hall–Kier alpha value is -2.99. The van der Waals surface area contributed by atoms with Crippen LogP contribution in [0.5, 0.6) is 11.5 Å². The molecule has 0 radical (unpaired) electrons. The van der Waals surface area contributed by atoms with E-state index < -0.39 is 0 Å². The normalized spacial score (nSPS) is 14.4. The van der Waals surface area contributed by atoms with E-state index >= 15 is 0 Å². The molecule has 1 aromatic heterocycles. The maximum absolute atomic E-state index is 12.9. The SMILES string of the molecule is CN(C)CCOc1ccc(-n2ccn(-c3ccc(OC4CCCC4)cc3)c2=O)cc1. The minimum Gasteiger partial charge on any atom is -0.492 e. The first-order chi connectivity index (χ1) is 14.6. The summed E-state index contributed by atoms with van der Waals surface area (Å²) < 4.78 is 15.0. The van der Waals surface area contributed by atoms with Crippen LogP contribution in [0.25, 0.3) is 11.4 Å². The van der Waals surface area contributed by atoms with Gasteiger partial charge in [0.05, 0.1) is 17.5 Å². The van der Waals surface area contributed by atoms with Crippen LogP contribution in [0, 0.1) is 0 Å². The highest BCUT2D eigenvalue weighted by Gasteiger charge is 2.16. The molecule has 0 atom stereocenters. The molecule has 6 heteroatoms. The van der Waals surface area contributed by atoms with Crippen LogP contribution in [0.15, 0.2) is 65.7 Å². The summed E-state index contributed by atoms with van der Waals surface area (Å²) in [5, 5.41) is 0. The maximum Gasteiger partial charge on any atom is 0.337 e. The molecular weight excluding hydrogens is 378 g/mol. The average Bonchev–Trinajstić information content (AvgIpc) is 3.39. The summed E-state index contributed by atoms with van der Waals surface area (Å²) in [6.45, 7) is 1.48. The molecule has 30 heavy (non-hydrogen) atoms. The summed E-state index contributed by atoms with van der Waals surface area (Å²) in [7, 11) is 4.03. The molecule has 0 amide bonds. The van der Waals surface area contributed by atoms with Crippen molar-refractivity contribution in [1.82, 2.24) is 14.0 Å². The van der Waals surface area contributed by atoms with Crippen LogP contribution in [-0.4, -0.2) is 47.4 Å². The monoisotopic (exact) mass is 407 g/mol. The third-order valence-electron chi connectivity index (χ3n) is 5.42. The zero-order valence-electron chi connectivity index (χ0n) is 17.7. The number of hydrogen-bond donors (Lipinski definition) is 0. The highest BCUT2D eigenvalue weighted by atomic mass is 16.5. The molecule has 0 N–H and O–H groups in total. The van der Waals surface area contributed by atoms with Crippen LogP contribution < -0.4 is 15.2 Å². The molecule has 158 valence electrons. The van der Waals surface area contributed by atoms with Crippen LogP contribution in [0.2, 0.25) is 0 Å². The van der Waals surface area contributed by atoms with E-state index in [0.29, 0.717) is 12.7 Å². The molecule has 0 unspecified atom stereocenters. The second kappa shape index (κ2) is 9.22. The molecule has 1 saturated carbocycles. The summed E-state index contributed by atoms with van der Waals surface area (Å²) in [6, 6.07) is 15.3. The summed E-state index contributed by atoms with van der Waals surface area (Å²) in [4.78, 5) is 15.0. The van der Waals surface area contributed by atoms with E-state index in [-0.39, 0.29) is 5.69 Å². The van der Waals surface area contributed by atoms with Crippen LogP contribution in [-0.2, 0) is 0 Å². The highest BCUT2D eigenvalue weighted by Crippen LogP contribution is 2.24. The molecular formula is C24H29N3O3. The van der Waals surface area contributed by atoms with Gasteiger partial charge >= 0.3 is 5.69 Å². The van der Waals surface area contributed by atoms with Gasteiger partial charge in [-0.2, -0.15) is 0 Å². The fourth-order valence-electron chi connectivity index (χ4n) is 3.70. The minimum atomic E-state index is -0.110. The predicted molar refractivity (Wildman–Crippen MR) is 118 cm³/mol. The molecule has 0 bridgehead atoms. The Balaban J connectivity index is 1.45. The molecule has 1 aliphatic rings. The van der Waals surface area contributed by atoms with Crippen molar-refractivity contribution in [2.24, 2.45) is 0 Å². The molecule has 0 aliphatic heterocycles. The van der Waals surface area contributed by atoms with Gasteiger partial charge in [0.25, 0.3) is 0 Å². The number of nitrogens with zero attached hydrogens (tertiary/aromatic N) is 3. The minimum absolute atomic E-state index is 0.110. The molecule has 4 rings (SSSR count). The lowest BCUT2D eigenvalue weighted by Crippen LogP contribution is -2.21. The van der Waals surface area contributed by atoms with Crippen LogP contribution in [0.3, 0.4) is 0 Å². The van der Waals surface area contributed by atoms with Gasteiger partial charge in [-0.25, -0.2) is 4.79 Å². The van der Waals surface area contributed by atoms with E-state index in [4.69, 9.17) is 9.47 Å². The first-order valence-electron chi connectivity index (χ1n) is 10.6. The van der Waals surface area contributed by atoms with Crippen molar-refractivity contribution in [2.75, 3.05) is 27.2 Å². The Morgan fingerprint density at radius 1 is 0.867 bits per heavy atom. The number of aromatic nitrogens is 2. The summed E-state index contributed by atoms with van der Waals surface area (Å²) >= 11 is 0. The van der Waals surface area contributed by atoms with Gasteiger partial charge in [0.2, 0.25) is 0 Å². The van der Waals surface area contributed by atoms with Crippen LogP contribution in [0.1, 0.15) is 25.7 Å². The lowest BCUT2D eigenvalue weighted by molar-refractivity contribution is 0.210. The zero-order valence-corrected chi connectivity index (χ0v) is 17.7. The fraction of sp³-hybridized carbons (Fsp3) is 0.375. The standard InChI is InChI=1S/C24H29N3O3/c1-25(2)17-18-29-21-11-7-19(8-12-21)26-15-16-27(24(26)28)20-9-13-23(14-10-20)30-22-5-3-4-6-22/h7-16,22H,3-6,17-18H2,1-2H3. The van der Waals surface area contributed by atoms with Gasteiger partial charge in [-0.05, 0) is 88.3 Å². The predicted octanol–water partition coefficient (Wildman–Crippen LogP) is 3.89. The Labute approximate surface area is 177 Å². The van der Waals surface area contributed by atoms with Crippen molar-refractivity contribution in [3.05, 3.63) is 71.4 Å². The number of benzene rings is 2. The number of imidazole rings is 1. The zero-order chi connectivity index (χ0) is 20.9. The molecule has 1 fully saturated rings. The van der Waals surface area contributed by atoms with E-state index in [1.807, 2.05) is 62.6 Å². The lowest BCUT2D eigenvalue weighted by atomic mass is 10.2. The van der Waals surface area contributed by atoms with E-state index in [9.17, 15) is 4.79 Å². The summed E-state index contributed by atoms with van der Waals surface area (Å²) in [5.41, 5.74) is 1.52. The van der Waals surface area contributed by atoms with Crippen molar-refractivity contribution >= 4 is 0 Å². The van der Waals surface area contributed by atoms with Gasteiger partial charge in [-0.3, -0.25) is 9.13 Å². The van der Waals surface area contributed by atoms with Crippen LogP contribution in [0.4, 0.5) is 0 Å². The quantitative estimate of drug-likeness (QED) is 0.568. The third-order valence-corrected chi connectivity index (χ3v) is 5.42. The van der Waals surface area contributed by atoms with Crippen LogP contribution >= 0.6 is 0 Å². The number of hydrogen-bond acceptors (Lipinski definition) is 4. The maximum atomic E-state index is 12.9. The first-order valence-corrected chi connectivity index (χ1v) is 10.6. The Morgan fingerprint density at radius 2 is 1.40 bits per heavy atom. The topological polar surface area (TPSA) is 48.6 Å². The van der Waals surface area contributed by atoms with Gasteiger partial charge in [0, 0.05) is 18.9 Å². The molecule has 1 heterocycles. The molecule has 3 aromatic rings. The molecule has 1 aliphatic carbocycles. The Kier molecular flexibility index (Phi) is 6.23. The van der Waals surface area contributed by atoms with Gasteiger partial charge in [-0.1, -0.05) is 0 Å². The van der Waals surface area contributed by atoms with Crippen molar-refractivity contribution in [3.63, 3.8) is 0 Å². The highest BCUT2D eigenvalue weighted by molar-refractivity contribution is 5.40. The van der Waals surface area contributed by atoms with Gasteiger partial charge in [0.15, 0.2) is 0 Å². The third kappa shape index (κ3) is 4.76. The Bertz CT molecular complexity index is 997. The van der Waals surface area contributed by atoms with E-state index in [1.54, 1.807) is 21.5 Å². The van der Waals surface area contributed by atoms with Gasteiger partial charge in [-0.15, -0.1) is 0 Å². The number of likely N-dealkylation sites (N-methyl/N-ethyl adjacent to an activating group) is 1. The van der Waals surface area contributed by atoms with Crippen molar-refractivity contribution in [2.45, 2.75) is 31.8 Å². The second-order valence-electron chi connectivity index (χ2n) is 7.98.